The fraction of sp³-hybridized carbons (Fsp3) is 0.222. The highest BCUT2D eigenvalue weighted by molar-refractivity contribution is 8.00. The zero-order valence-corrected chi connectivity index (χ0v) is 27.0. The molecule has 0 saturated carbocycles. The monoisotopic (exact) mass is 689 g/mol. The SMILES string of the molecule is C[C@H](NC(=O)[C@H](NC(=O)COc1ccc(C2C(SCC(O)c3ccc(F)cc3)C(=O)N2c2ccc(F)cc2)cc1)c1ccccc1)C(=O)O. The number of halogens is 2. The Morgan fingerprint density at radius 3 is 2.08 bits per heavy atom. The molecule has 1 fully saturated rings. The van der Waals surface area contributed by atoms with Gasteiger partial charge in [0.05, 0.1) is 12.1 Å². The van der Waals surface area contributed by atoms with Crippen molar-refractivity contribution in [2.24, 2.45) is 0 Å². The molecule has 1 heterocycles. The van der Waals surface area contributed by atoms with E-state index in [0.29, 0.717) is 22.6 Å². The van der Waals surface area contributed by atoms with E-state index in [1.165, 1.54) is 67.2 Å². The maximum Gasteiger partial charge on any atom is 0.325 e. The Labute approximate surface area is 285 Å². The maximum atomic E-state index is 13.7. The van der Waals surface area contributed by atoms with Crippen molar-refractivity contribution in [1.29, 1.82) is 0 Å². The second kappa shape index (κ2) is 15.8. The van der Waals surface area contributed by atoms with Gasteiger partial charge in [-0.05, 0) is 72.1 Å². The van der Waals surface area contributed by atoms with Gasteiger partial charge in [0.1, 0.15) is 34.7 Å². The van der Waals surface area contributed by atoms with E-state index in [-0.39, 0.29) is 11.7 Å². The molecule has 1 saturated heterocycles. The second-order valence-electron chi connectivity index (χ2n) is 11.3. The molecule has 49 heavy (non-hydrogen) atoms. The lowest BCUT2D eigenvalue weighted by Crippen LogP contribution is -2.57. The van der Waals surface area contributed by atoms with Gasteiger partial charge in [-0.3, -0.25) is 19.2 Å². The number of hydrogen-bond donors (Lipinski definition) is 4. The van der Waals surface area contributed by atoms with Crippen molar-refractivity contribution in [3.63, 3.8) is 0 Å². The summed E-state index contributed by atoms with van der Waals surface area (Å²) in [6.07, 6.45) is -0.936. The summed E-state index contributed by atoms with van der Waals surface area (Å²) in [5, 5.41) is 24.2. The molecule has 10 nitrogen and oxygen atoms in total. The highest BCUT2D eigenvalue weighted by Crippen LogP contribution is 2.46. The number of amides is 3. The van der Waals surface area contributed by atoms with Crippen LogP contribution in [0.5, 0.6) is 5.75 Å². The summed E-state index contributed by atoms with van der Waals surface area (Å²) in [6.45, 7) is 0.862. The molecule has 1 aliphatic heterocycles. The maximum absolute atomic E-state index is 13.7. The van der Waals surface area contributed by atoms with Gasteiger partial charge in [-0.15, -0.1) is 11.8 Å². The van der Waals surface area contributed by atoms with Crippen molar-refractivity contribution in [3.05, 3.63) is 131 Å². The van der Waals surface area contributed by atoms with Crippen molar-refractivity contribution < 1.29 is 42.9 Å². The number of nitrogens with zero attached hydrogens (tertiary/aromatic N) is 1. The lowest BCUT2D eigenvalue weighted by molar-refractivity contribution is -0.141. The summed E-state index contributed by atoms with van der Waals surface area (Å²) in [5.41, 5.74) is 2.19. The van der Waals surface area contributed by atoms with Crippen LogP contribution >= 0.6 is 11.8 Å². The molecule has 3 amide bonds. The van der Waals surface area contributed by atoms with Gasteiger partial charge in [0, 0.05) is 11.4 Å². The van der Waals surface area contributed by atoms with Gasteiger partial charge in [-0.25, -0.2) is 8.78 Å². The average Bonchev–Trinajstić information content (AvgIpc) is 3.10. The molecular formula is C36H33F2N3O7S. The smallest absolute Gasteiger partial charge is 0.325 e. The molecule has 254 valence electrons. The van der Waals surface area contributed by atoms with Crippen LogP contribution in [-0.4, -0.2) is 57.6 Å². The van der Waals surface area contributed by atoms with Crippen LogP contribution in [0.3, 0.4) is 0 Å². The number of carbonyl (C=O) groups excluding carboxylic acids is 3. The van der Waals surface area contributed by atoms with E-state index in [4.69, 9.17) is 4.74 Å². The number of aliphatic carboxylic acids is 1. The first-order valence-electron chi connectivity index (χ1n) is 15.3. The number of aliphatic hydroxyl groups is 1. The van der Waals surface area contributed by atoms with E-state index in [1.54, 1.807) is 59.5 Å². The summed E-state index contributed by atoms with van der Waals surface area (Å²) in [4.78, 5) is 51.9. The summed E-state index contributed by atoms with van der Waals surface area (Å²) in [6, 6.07) is 23.3. The fourth-order valence-electron chi connectivity index (χ4n) is 5.23. The largest absolute Gasteiger partial charge is 0.484 e. The first-order chi connectivity index (χ1) is 23.5. The second-order valence-corrected chi connectivity index (χ2v) is 12.5. The number of hydrogen-bond acceptors (Lipinski definition) is 7. The molecule has 4 N–H and O–H groups in total. The van der Waals surface area contributed by atoms with Crippen LogP contribution in [0.25, 0.3) is 0 Å². The average molecular weight is 690 g/mol. The Kier molecular flexibility index (Phi) is 11.3. The highest BCUT2D eigenvalue weighted by atomic mass is 32.2. The van der Waals surface area contributed by atoms with Gasteiger partial charge in [-0.2, -0.15) is 0 Å². The molecule has 1 aliphatic rings. The molecule has 0 spiro atoms. The van der Waals surface area contributed by atoms with E-state index >= 15 is 0 Å². The number of thioether (sulfide) groups is 1. The number of anilines is 1. The van der Waals surface area contributed by atoms with Crippen molar-refractivity contribution in [1.82, 2.24) is 10.6 Å². The minimum Gasteiger partial charge on any atom is -0.484 e. The van der Waals surface area contributed by atoms with Crippen LogP contribution in [0.1, 0.15) is 41.8 Å². The molecule has 0 aliphatic carbocycles. The summed E-state index contributed by atoms with van der Waals surface area (Å²) < 4.78 is 32.7. The predicted molar refractivity (Wildman–Crippen MR) is 179 cm³/mol. The van der Waals surface area contributed by atoms with Gasteiger partial charge in [-0.1, -0.05) is 54.6 Å². The van der Waals surface area contributed by atoms with Crippen LogP contribution in [0.4, 0.5) is 14.5 Å². The summed E-state index contributed by atoms with van der Waals surface area (Å²) >= 11 is 1.25. The third-order valence-corrected chi connectivity index (χ3v) is 9.19. The minimum atomic E-state index is -1.22. The van der Waals surface area contributed by atoms with Crippen molar-refractivity contribution in [3.8, 4) is 5.75 Å². The predicted octanol–water partition coefficient (Wildman–Crippen LogP) is 4.71. The van der Waals surface area contributed by atoms with Gasteiger partial charge in [0.25, 0.3) is 5.91 Å². The molecule has 0 radical (unpaired) electrons. The summed E-state index contributed by atoms with van der Waals surface area (Å²) in [5.74, 6) is -3.14. The lowest BCUT2D eigenvalue weighted by Gasteiger charge is -2.47. The first kappa shape index (κ1) is 35.0. The van der Waals surface area contributed by atoms with Crippen molar-refractivity contribution in [2.75, 3.05) is 17.3 Å². The van der Waals surface area contributed by atoms with Gasteiger partial charge >= 0.3 is 5.97 Å². The lowest BCUT2D eigenvalue weighted by atomic mass is 9.92. The standard InChI is InChI=1S/C36H33F2N3O7S/c1-21(36(46)47)39-34(44)31(23-5-3-2-4-6-23)40-30(43)19-48-28-17-9-24(10-18-28)32-33(35(45)41(32)27-15-13-26(38)14-16-27)49-20-29(42)22-7-11-25(37)12-8-22/h2-18,21,29,31-33,42H,19-20H2,1H3,(H,39,44)(H,40,43)(H,46,47)/t21-,29?,31+,32?,33?/m0/s1. The third kappa shape index (κ3) is 8.61. The zero-order valence-electron chi connectivity index (χ0n) is 26.2. The first-order valence-corrected chi connectivity index (χ1v) is 16.3. The normalized spacial score (nSPS) is 17.3. The molecule has 4 aromatic rings. The molecule has 0 bridgehead atoms. The number of aliphatic hydroxyl groups excluding tert-OH is 1. The van der Waals surface area contributed by atoms with E-state index in [2.05, 4.69) is 10.6 Å². The Morgan fingerprint density at radius 2 is 1.47 bits per heavy atom. The molecular weight excluding hydrogens is 656 g/mol. The van der Waals surface area contributed by atoms with Gasteiger partial charge in [0.2, 0.25) is 11.8 Å². The number of carboxylic acids is 1. The molecule has 5 atom stereocenters. The number of ether oxygens (including phenoxy) is 1. The van der Waals surface area contributed by atoms with E-state index in [0.717, 1.165) is 5.56 Å². The Hall–Kier alpha value is -5.27. The fourth-order valence-corrected chi connectivity index (χ4v) is 6.53. The van der Waals surface area contributed by atoms with Crippen LogP contribution in [-0.2, 0) is 19.2 Å². The Morgan fingerprint density at radius 1 is 0.857 bits per heavy atom. The van der Waals surface area contributed by atoms with E-state index < -0.39 is 65.5 Å². The minimum absolute atomic E-state index is 0.170. The molecule has 3 unspecified atom stereocenters. The Bertz CT molecular complexity index is 1780. The van der Waals surface area contributed by atoms with E-state index in [9.17, 15) is 38.2 Å². The highest BCUT2D eigenvalue weighted by Gasteiger charge is 2.49. The van der Waals surface area contributed by atoms with Crippen molar-refractivity contribution >= 4 is 41.1 Å². The quantitative estimate of drug-likeness (QED) is 0.139. The van der Waals surface area contributed by atoms with Crippen molar-refractivity contribution in [2.45, 2.75) is 36.4 Å². The number of β-lactam (4-membered cyclic amide) rings is 1. The number of benzene rings is 4. The molecule has 4 aromatic carbocycles. The van der Waals surface area contributed by atoms with Crippen LogP contribution in [0.2, 0.25) is 0 Å². The third-order valence-electron chi connectivity index (χ3n) is 7.86. The van der Waals surface area contributed by atoms with Crippen LogP contribution < -0.4 is 20.3 Å². The van der Waals surface area contributed by atoms with Crippen LogP contribution in [0.15, 0.2) is 103 Å². The number of carbonyl (C=O) groups is 4. The molecule has 0 aromatic heterocycles. The van der Waals surface area contributed by atoms with Gasteiger partial charge in [0.15, 0.2) is 6.61 Å². The number of nitrogens with one attached hydrogen (secondary N) is 2. The molecule has 5 rings (SSSR count). The zero-order chi connectivity index (χ0) is 35.1. The number of carboxylic acid groups (broad SMARTS) is 1. The van der Waals surface area contributed by atoms with E-state index in [1.807, 2.05) is 0 Å². The topological polar surface area (TPSA) is 145 Å². The van der Waals surface area contributed by atoms with Gasteiger partial charge < -0.3 is 30.5 Å². The Balaban J connectivity index is 1.26. The summed E-state index contributed by atoms with van der Waals surface area (Å²) in [7, 11) is 0. The van der Waals surface area contributed by atoms with Crippen LogP contribution in [0, 0.1) is 11.6 Å². The molecule has 13 heteroatoms. The number of rotatable bonds is 14.